The van der Waals surface area contributed by atoms with Crippen molar-refractivity contribution >= 4 is 45.4 Å². The second kappa shape index (κ2) is 14.7. The van der Waals surface area contributed by atoms with Crippen LogP contribution in [0.2, 0.25) is 0 Å². The van der Waals surface area contributed by atoms with Gasteiger partial charge in [-0.15, -0.1) is 24.9 Å². The van der Waals surface area contributed by atoms with E-state index in [9.17, 15) is 19.5 Å². The number of likely N-dealkylation sites (tertiary alicyclic amines) is 1. The highest BCUT2D eigenvalue weighted by Crippen LogP contribution is 2.68. The molecule has 3 aliphatic heterocycles. The summed E-state index contributed by atoms with van der Waals surface area (Å²) >= 11 is 5.52. The number of amides is 3. The first-order valence-corrected chi connectivity index (χ1v) is 17.8. The van der Waals surface area contributed by atoms with Crippen LogP contribution in [0.5, 0.6) is 0 Å². The van der Waals surface area contributed by atoms with Gasteiger partial charge in [0.1, 0.15) is 6.04 Å². The average molecular weight is 695 g/mol. The van der Waals surface area contributed by atoms with Crippen LogP contribution in [0.4, 0.5) is 0 Å². The molecule has 2 bridgehead atoms. The monoisotopic (exact) mass is 693 g/mol. The molecule has 0 aliphatic carbocycles. The zero-order valence-electron chi connectivity index (χ0n) is 26.0. The molecule has 0 aromatic heterocycles. The number of thioether (sulfide) groups is 1. The summed E-state index contributed by atoms with van der Waals surface area (Å²) in [6.45, 7) is 11.3. The van der Waals surface area contributed by atoms with Crippen LogP contribution < -0.4 is 0 Å². The highest BCUT2D eigenvalue weighted by Gasteiger charge is 2.76. The van der Waals surface area contributed by atoms with E-state index < -0.39 is 28.7 Å². The van der Waals surface area contributed by atoms with E-state index in [0.717, 1.165) is 30.4 Å². The van der Waals surface area contributed by atoms with Crippen LogP contribution >= 0.6 is 27.7 Å². The van der Waals surface area contributed by atoms with Crippen molar-refractivity contribution in [3.05, 3.63) is 97.1 Å². The molecule has 1 spiro atoms. The number of carbonyl (C=O) groups excluding carboxylic acids is 3. The van der Waals surface area contributed by atoms with E-state index in [2.05, 4.69) is 36.0 Å². The molecule has 5 rings (SSSR count). The van der Waals surface area contributed by atoms with Gasteiger partial charge in [-0.3, -0.25) is 14.4 Å². The Bertz CT molecular complexity index is 1380. The van der Waals surface area contributed by atoms with Gasteiger partial charge in [-0.2, -0.15) is 0 Å². The Morgan fingerprint density at radius 2 is 1.69 bits per heavy atom. The van der Waals surface area contributed by atoms with Gasteiger partial charge in [0, 0.05) is 36.3 Å². The Morgan fingerprint density at radius 3 is 2.31 bits per heavy atom. The molecule has 0 saturated carbocycles. The first-order valence-electron chi connectivity index (χ1n) is 16.0. The standard InChI is InChI=1S/C36H44BrN3O4S/c1-4-7-14-21-38(19-5-2)35(44)32-36-22-27(37)31(45-36)29(33(42)39(20-6-3)23-25-15-10-8-11-16-25)30(36)34(43)40(32)28(24-41)26-17-12-9-13-18-26/h5-6,8-13,15-18,27-32,41H,2-4,7,14,19-24H2,1H3/t27?,28-,29-,30+,31-,32?,36?/m1/s1. The molecule has 7 atom stereocenters. The molecular formula is C36H44BrN3O4S. The van der Waals surface area contributed by atoms with E-state index in [0.29, 0.717) is 32.6 Å². The first-order chi connectivity index (χ1) is 21.8. The van der Waals surface area contributed by atoms with Crippen LogP contribution in [0.1, 0.15) is 49.8 Å². The predicted octanol–water partition coefficient (Wildman–Crippen LogP) is 5.60. The predicted molar refractivity (Wildman–Crippen MR) is 184 cm³/mol. The third-order valence-electron chi connectivity index (χ3n) is 9.51. The largest absolute Gasteiger partial charge is 0.394 e. The number of hydrogen-bond acceptors (Lipinski definition) is 5. The van der Waals surface area contributed by atoms with E-state index in [-0.39, 0.29) is 34.4 Å². The lowest BCUT2D eigenvalue weighted by Gasteiger charge is -2.40. The van der Waals surface area contributed by atoms with Gasteiger partial charge in [0.15, 0.2) is 0 Å². The molecule has 240 valence electrons. The molecule has 3 aliphatic rings. The number of carbonyl (C=O) groups is 3. The number of halogens is 1. The number of aliphatic hydroxyl groups is 1. The molecule has 1 N–H and O–H groups in total. The third-order valence-corrected chi connectivity index (χ3v) is 12.7. The van der Waals surface area contributed by atoms with Gasteiger partial charge in [0.2, 0.25) is 17.7 Å². The number of hydrogen-bond donors (Lipinski definition) is 1. The van der Waals surface area contributed by atoms with Crippen molar-refractivity contribution in [1.29, 1.82) is 0 Å². The van der Waals surface area contributed by atoms with Crippen LogP contribution in [0.15, 0.2) is 86.0 Å². The van der Waals surface area contributed by atoms with Crippen molar-refractivity contribution in [2.45, 2.75) is 66.1 Å². The fourth-order valence-corrected chi connectivity index (χ4v) is 11.2. The topological polar surface area (TPSA) is 81.2 Å². The number of aliphatic hydroxyl groups excluding tert-OH is 1. The zero-order valence-corrected chi connectivity index (χ0v) is 28.4. The molecule has 3 saturated heterocycles. The van der Waals surface area contributed by atoms with E-state index >= 15 is 0 Å². The third kappa shape index (κ3) is 6.28. The highest BCUT2D eigenvalue weighted by atomic mass is 79.9. The molecule has 2 aromatic rings. The number of fused-ring (bicyclic) bond motifs is 1. The smallest absolute Gasteiger partial charge is 0.247 e. The number of unbranched alkanes of at least 4 members (excludes halogenated alkanes) is 2. The van der Waals surface area contributed by atoms with Crippen molar-refractivity contribution in [3.8, 4) is 0 Å². The molecule has 9 heteroatoms. The molecule has 3 fully saturated rings. The maximum atomic E-state index is 14.9. The summed E-state index contributed by atoms with van der Waals surface area (Å²) in [7, 11) is 0. The first kappa shape index (κ1) is 33.5. The van der Waals surface area contributed by atoms with E-state index in [1.807, 2.05) is 65.6 Å². The van der Waals surface area contributed by atoms with Crippen molar-refractivity contribution in [2.24, 2.45) is 11.8 Å². The second-order valence-electron chi connectivity index (χ2n) is 12.3. The van der Waals surface area contributed by atoms with Crippen LogP contribution in [0.25, 0.3) is 0 Å². The zero-order chi connectivity index (χ0) is 32.1. The SMILES string of the molecule is C=CCN(CCCCC)C(=O)C1N([C@H](CO)c2ccccc2)C(=O)[C@@H]2[C@@H](C(=O)N(CC=C)Cc3ccccc3)[C@@H]3SC12CC3Br. The summed E-state index contributed by atoms with van der Waals surface area (Å²) in [4.78, 5) is 49.4. The second-order valence-corrected chi connectivity index (χ2v) is 15.0. The summed E-state index contributed by atoms with van der Waals surface area (Å²) < 4.78 is -0.813. The van der Waals surface area contributed by atoms with Crippen molar-refractivity contribution in [1.82, 2.24) is 14.7 Å². The lowest BCUT2D eigenvalue weighted by atomic mass is 9.70. The molecule has 45 heavy (non-hydrogen) atoms. The summed E-state index contributed by atoms with van der Waals surface area (Å²) in [6.07, 6.45) is 6.90. The summed E-state index contributed by atoms with van der Waals surface area (Å²) in [5.74, 6) is -1.77. The Labute approximate surface area is 279 Å². The number of benzene rings is 2. The number of nitrogens with zero attached hydrogens (tertiary/aromatic N) is 3. The summed E-state index contributed by atoms with van der Waals surface area (Å²) in [6, 6.07) is 17.7. The quantitative estimate of drug-likeness (QED) is 0.149. The van der Waals surface area contributed by atoms with Crippen LogP contribution in [-0.2, 0) is 20.9 Å². The van der Waals surface area contributed by atoms with Crippen LogP contribution in [0.3, 0.4) is 0 Å². The normalized spacial score (nSPS) is 27.2. The van der Waals surface area contributed by atoms with E-state index in [1.54, 1.807) is 33.7 Å². The molecule has 2 aromatic carbocycles. The molecule has 0 radical (unpaired) electrons. The van der Waals surface area contributed by atoms with Crippen LogP contribution in [0, 0.1) is 11.8 Å². The van der Waals surface area contributed by atoms with Crippen molar-refractivity contribution < 1.29 is 19.5 Å². The Kier molecular flexibility index (Phi) is 10.9. The summed E-state index contributed by atoms with van der Waals surface area (Å²) in [5.41, 5.74) is 1.76. The van der Waals surface area contributed by atoms with Gasteiger partial charge in [0.25, 0.3) is 0 Å². The van der Waals surface area contributed by atoms with Gasteiger partial charge in [-0.25, -0.2) is 0 Å². The molecule has 3 amide bonds. The van der Waals surface area contributed by atoms with Crippen LogP contribution in [-0.4, -0.2) is 84.6 Å². The Morgan fingerprint density at radius 1 is 1.04 bits per heavy atom. The molecule has 3 heterocycles. The van der Waals surface area contributed by atoms with Gasteiger partial charge in [-0.05, 0) is 24.0 Å². The highest BCUT2D eigenvalue weighted by molar-refractivity contribution is 9.09. The number of alkyl halides is 1. The minimum Gasteiger partial charge on any atom is -0.394 e. The maximum absolute atomic E-state index is 14.9. The molecule has 7 nitrogen and oxygen atoms in total. The van der Waals surface area contributed by atoms with Crippen molar-refractivity contribution in [3.63, 3.8) is 0 Å². The number of rotatable bonds is 15. The minimum absolute atomic E-state index is 0.0460. The Hall–Kier alpha value is -2.88. The fourth-order valence-electron chi connectivity index (χ4n) is 7.57. The fraction of sp³-hybridized carbons (Fsp3) is 0.472. The van der Waals surface area contributed by atoms with Crippen molar-refractivity contribution in [2.75, 3.05) is 26.2 Å². The maximum Gasteiger partial charge on any atom is 0.247 e. The van der Waals surface area contributed by atoms with Gasteiger partial charge in [-0.1, -0.05) is 109 Å². The lowest BCUT2D eigenvalue weighted by molar-refractivity contribution is -0.147. The molecule has 3 unspecified atom stereocenters. The van der Waals surface area contributed by atoms with E-state index in [4.69, 9.17) is 0 Å². The van der Waals surface area contributed by atoms with Gasteiger partial charge in [0.05, 0.1) is 29.2 Å². The summed E-state index contributed by atoms with van der Waals surface area (Å²) in [5, 5.41) is 10.7. The average Bonchev–Trinajstić information content (AvgIpc) is 3.65. The lowest BCUT2D eigenvalue weighted by Crippen LogP contribution is -2.56. The molecular weight excluding hydrogens is 650 g/mol. The van der Waals surface area contributed by atoms with Gasteiger partial charge < -0.3 is 19.8 Å². The van der Waals surface area contributed by atoms with E-state index in [1.165, 1.54) is 0 Å². The van der Waals surface area contributed by atoms with Gasteiger partial charge >= 0.3 is 0 Å². The minimum atomic E-state index is -0.830. The Balaban J connectivity index is 1.58.